The molecule has 1 aromatic rings. The summed E-state index contributed by atoms with van der Waals surface area (Å²) in [6.45, 7) is 13.0. The average molecular weight is 428 g/mol. The molecular weight excluding hydrogens is 397 g/mol. The summed E-state index contributed by atoms with van der Waals surface area (Å²) in [5.74, 6) is -0.691. The molecule has 1 atom stereocenters. The van der Waals surface area contributed by atoms with Crippen molar-refractivity contribution >= 4 is 19.2 Å². The number of carboxylic acid groups (broad SMARTS) is 1. The number of amides is 1. The third-order valence-corrected chi connectivity index (χ3v) is 6.33. The Labute approximate surface area is 184 Å². The summed E-state index contributed by atoms with van der Waals surface area (Å²) >= 11 is 0. The summed E-state index contributed by atoms with van der Waals surface area (Å²) in [6, 6.07) is 9.25. The van der Waals surface area contributed by atoms with E-state index in [1.54, 1.807) is 20.8 Å². The third kappa shape index (κ3) is 3.95. The van der Waals surface area contributed by atoms with Gasteiger partial charge in [-0.15, -0.1) is 0 Å². The van der Waals surface area contributed by atoms with Gasteiger partial charge >= 0.3 is 19.2 Å². The summed E-state index contributed by atoms with van der Waals surface area (Å²) in [4.78, 5) is 25.7. The Morgan fingerprint density at radius 1 is 1.06 bits per heavy atom. The van der Waals surface area contributed by atoms with Gasteiger partial charge in [0, 0.05) is 11.5 Å². The normalized spacial score (nSPS) is 24.5. The zero-order valence-corrected chi connectivity index (χ0v) is 19.3. The van der Waals surface area contributed by atoms with Gasteiger partial charge in [-0.3, -0.25) is 0 Å². The number of hydrogen-bond acceptors (Lipinski definition) is 5. The van der Waals surface area contributed by atoms with Crippen LogP contribution in [0.5, 0.6) is 0 Å². The molecule has 1 unspecified atom stereocenters. The highest BCUT2D eigenvalue weighted by molar-refractivity contribution is 6.55. The van der Waals surface area contributed by atoms with Gasteiger partial charge in [0.15, 0.2) is 0 Å². The fourth-order valence-corrected chi connectivity index (χ4v) is 3.70. The summed E-state index contributed by atoms with van der Waals surface area (Å²) in [5, 5.41) is 10.3. The maximum absolute atomic E-state index is 13.1. The fraction of sp³-hybridized carbons (Fsp3) is 0.478. The molecule has 0 aromatic heterocycles. The standard InChI is InChI=1S/C23H30BNO6/c1-21(2,3)25(20(27)28)14-17(24-30-22(4,5)23(6,7)31-24)13-18(25)19(26)29-15-16-11-9-8-10-12-16/h8-14H,15H2,1-7H3/p+1. The maximum Gasteiger partial charge on any atom is 0.524 e. The molecule has 1 fully saturated rings. The summed E-state index contributed by atoms with van der Waals surface area (Å²) in [6.07, 6.45) is 1.89. The summed E-state index contributed by atoms with van der Waals surface area (Å²) in [7, 11) is -0.788. The number of nitrogens with zero attached hydrogens (tertiary/aromatic N) is 1. The van der Waals surface area contributed by atoms with Gasteiger partial charge in [0.2, 0.25) is 5.70 Å². The Bertz CT molecular complexity index is 929. The number of benzene rings is 1. The van der Waals surface area contributed by atoms with Crippen LogP contribution in [0.2, 0.25) is 0 Å². The van der Waals surface area contributed by atoms with Crippen molar-refractivity contribution in [2.45, 2.75) is 71.8 Å². The van der Waals surface area contributed by atoms with Crippen molar-refractivity contribution in [3.63, 3.8) is 0 Å². The highest BCUT2D eigenvalue weighted by Crippen LogP contribution is 2.44. The zero-order valence-electron chi connectivity index (χ0n) is 19.3. The second-order valence-electron chi connectivity index (χ2n) is 9.98. The summed E-state index contributed by atoms with van der Waals surface area (Å²) in [5.41, 5.74) is -0.733. The van der Waals surface area contributed by atoms with Gasteiger partial charge in [-0.25, -0.2) is 4.79 Å². The number of carbonyl (C=O) groups is 2. The molecule has 7 nitrogen and oxygen atoms in total. The van der Waals surface area contributed by atoms with Crippen molar-refractivity contribution < 1.29 is 33.2 Å². The predicted molar refractivity (Wildman–Crippen MR) is 117 cm³/mol. The van der Waals surface area contributed by atoms with Crippen molar-refractivity contribution in [2.24, 2.45) is 0 Å². The Kier molecular flexibility index (Phi) is 5.71. The second kappa shape index (κ2) is 7.62. The number of esters is 1. The van der Waals surface area contributed by atoms with E-state index >= 15 is 0 Å². The van der Waals surface area contributed by atoms with Gasteiger partial charge in [-0.05, 0) is 54.0 Å². The number of ether oxygens (including phenoxy) is 1. The molecule has 2 heterocycles. The molecule has 0 radical (unpaired) electrons. The summed E-state index contributed by atoms with van der Waals surface area (Å²) < 4.78 is 17.0. The van der Waals surface area contributed by atoms with Crippen LogP contribution in [0.1, 0.15) is 54.0 Å². The minimum Gasteiger partial charge on any atom is -0.453 e. The van der Waals surface area contributed by atoms with E-state index in [1.807, 2.05) is 58.0 Å². The van der Waals surface area contributed by atoms with Crippen molar-refractivity contribution in [2.75, 3.05) is 0 Å². The lowest BCUT2D eigenvalue weighted by atomic mass is 9.79. The van der Waals surface area contributed by atoms with Gasteiger partial charge in [-0.2, -0.15) is 9.28 Å². The van der Waals surface area contributed by atoms with E-state index in [4.69, 9.17) is 14.0 Å². The third-order valence-electron chi connectivity index (χ3n) is 6.33. The van der Waals surface area contributed by atoms with Crippen LogP contribution < -0.4 is 0 Å². The van der Waals surface area contributed by atoms with Crippen LogP contribution in [0.3, 0.4) is 0 Å². The molecule has 1 amide bonds. The monoisotopic (exact) mass is 428 g/mol. The molecule has 0 spiro atoms. The number of allylic oxidation sites excluding steroid dienone is 2. The van der Waals surface area contributed by atoms with Gasteiger partial charge < -0.3 is 19.2 Å². The minimum atomic E-state index is -1.18. The van der Waals surface area contributed by atoms with Gasteiger partial charge in [0.05, 0.1) is 11.2 Å². The first-order valence-electron chi connectivity index (χ1n) is 10.4. The van der Waals surface area contributed by atoms with Crippen LogP contribution in [0, 0.1) is 0 Å². The SMILES string of the molecule is CC1(C)OB(C2=C[N+](C(=O)O)(C(C)(C)C)C(C(=O)OCc3ccccc3)=C2)OC1(C)C. The van der Waals surface area contributed by atoms with Crippen molar-refractivity contribution in [1.82, 2.24) is 0 Å². The fourth-order valence-electron chi connectivity index (χ4n) is 3.70. The van der Waals surface area contributed by atoms with Gasteiger partial charge in [-0.1, -0.05) is 30.3 Å². The highest BCUT2D eigenvalue weighted by atomic mass is 16.7. The second-order valence-corrected chi connectivity index (χ2v) is 9.98. The first-order valence-corrected chi connectivity index (χ1v) is 10.4. The van der Waals surface area contributed by atoms with Crippen LogP contribution in [-0.2, 0) is 25.4 Å². The molecule has 0 bridgehead atoms. The van der Waals surface area contributed by atoms with E-state index in [0.717, 1.165) is 5.56 Å². The van der Waals surface area contributed by atoms with Crippen LogP contribution in [-0.4, -0.2) is 45.5 Å². The molecule has 1 aromatic carbocycles. The van der Waals surface area contributed by atoms with Crippen molar-refractivity contribution in [3.05, 3.63) is 59.3 Å². The first kappa shape index (κ1) is 23.3. The number of hydrogen-bond donors (Lipinski definition) is 1. The lowest BCUT2D eigenvalue weighted by molar-refractivity contribution is -0.812. The molecule has 2 aliphatic rings. The smallest absolute Gasteiger partial charge is 0.453 e. The predicted octanol–water partition coefficient (Wildman–Crippen LogP) is 4.44. The molecule has 1 saturated heterocycles. The number of rotatable bonds is 4. The quantitative estimate of drug-likeness (QED) is 0.434. The van der Waals surface area contributed by atoms with Crippen LogP contribution >= 0.6 is 0 Å². The Morgan fingerprint density at radius 3 is 2.10 bits per heavy atom. The molecule has 0 aliphatic carbocycles. The van der Waals surface area contributed by atoms with Gasteiger partial charge in [0.25, 0.3) is 0 Å². The minimum absolute atomic E-state index is 0.0145. The van der Waals surface area contributed by atoms with Gasteiger partial charge in [0.1, 0.15) is 18.3 Å². The molecule has 31 heavy (non-hydrogen) atoms. The first-order chi connectivity index (χ1) is 14.2. The van der Waals surface area contributed by atoms with Crippen LogP contribution in [0.4, 0.5) is 4.79 Å². The molecule has 8 heteroatoms. The Morgan fingerprint density at radius 2 is 1.61 bits per heavy atom. The maximum atomic E-state index is 13.1. The molecule has 1 N–H and O–H groups in total. The van der Waals surface area contributed by atoms with E-state index in [1.165, 1.54) is 12.3 Å². The zero-order chi connectivity index (χ0) is 23.2. The molecular formula is C23H31BNO6+. The van der Waals surface area contributed by atoms with E-state index in [0.29, 0.717) is 5.47 Å². The van der Waals surface area contributed by atoms with E-state index in [9.17, 15) is 14.7 Å². The van der Waals surface area contributed by atoms with E-state index < -0.39 is 40.4 Å². The Balaban J connectivity index is 1.98. The molecule has 2 aliphatic heterocycles. The Hall–Kier alpha value is -2.42. The van der Waals surface area contributed by atoms with Crippen molar-refractivity contribution in [3.8, 4) is 0 Å². The lowest BCUT2D eigenvalue weighted by Crippen LogP contribution is -2.59. The number of carbonyl (C=O) groups excluding carboxylic acids is 1. The van der Waals surface area contributed by atoms with E-state index in [2.05, 4.69) is 0 Å². The van der Waals surface area contributed by atoms with E-state index in [-0.39, 0.29) is 12.3 Å². The number of quaternary nitrogens is 1. The molecule has 3 rings (SSSR count). The lowest BCUT2D eigenvalue weighted by Gasteiger charge is -2.38. The highest BCUT2D eigenvalue weighted by Gasteiger charge is 2.60. The largest absolute Gasteiger partial charge is 0.524 e. The van der Waals surface area contributed by atoms with Crippen molar-refractivity contribution in [1.29, 1.82) is 0 Å². The molecule has 166 valence electrons. The van der Waals surface area contributed by atoms with Crippen LogP contribution in [0.25, 0.3) is 0 Å². The topological polar surface area (TPSA) is 82.1 Å². The van der Waals surface area contributed by atoms with Crippen LogP contribution in [0.15, 0.2) is 53.8 Å². The molecule has 0 saturated carbocycles. The average Bonchev–Trinajstić information content (AvgIpc) is 3.17.